The number of halogens is 1. The third kappa shape index (κ3) is 5.97. The molecule has 1 aromatic rings. The van der Waals surface area contributed by atoms with E-state index in [1.165, 1.54) is 19.1 Å². The van der Waals surface area contributed by atoms with Crippen LogP contribution in [0.25, 0.3) is 0 Å². The SMILES string of the molecule is CCCCC(CCC)NCc1c(Cl)cccc1S(C)(=O)=O. The lowest BCUT2D eigenvalue weighted by Crippen LogP contribution is -2.29. The number of nitrogens with one attached hydrogen (secondary N) is 1. The molecule has 3 nitrogen and oxygen atoms in total. The zero-order chi connectivity index (χ0) is 15.9. The van der Waals surface area contributed by atoms with E-state index < -0.39 is 9.84 Å². The molecule has 0 bridgehead atoms. The van der Waals surface area contributed by atoms with Crippen molar-refractivity contribution in [2.45, 2.75) is 63.4 Å². The van der Waals surface area contributed by atoms with E-state index in [2.05, 4.69) is 19.2 Å². The van der Waals surface area contributed by atoms with Gasteiger partial charge in [0.2, 0.25) is 0 Å². The summed E-state index contributed by atoms with van der Waals surface area (Å²) in [6.45, 7) is 4.84. The van der Waals surface area contributed by atoms with Crippen molar-refractivity contribution >= 4 is 21.4 Å². The first-order valence-corrected chi connectivity index (χ1v) is 9.87. The molecule has 0 radical (unpaired) electrons. The molecular weight excluding hydrogens is 306 g/mol. The van der Waals surface area contributed by atoms with Crippen LogP contribution in [0.1, 0.15) is 51.5 Å². The van der Waals surface area contributed by atoms with Crippen LogP contribution in [0.4, 0.5) is 0 Å². The maximum Gasteiger partial charge on any atom is 0.175 e. The van der Waals surface area contributed by atoms with Crippen molar-refractivity contribution in [2.24, 2.45) is 0 Å². The van der Waals surface area contributed by atoms with E-state index >= 15 is 0 Å². The second-order valence-corrected chi connectivity index (χ2v) is 7.89. The second kappa shape index (κ2) is 8.76. The molecule has 1 unspecified atom stereocenters. The second-order valence-electron chi connectivity index (χ2n) is 5.50. The summed E-state index contributed by atoms with van der Waals surface area (Å²) < 4.78 is 23.7. The van der Waals surface area contributed by atoms with Gasteiger partial charge in [0, 0.05) is 29.4 Å². The molecular formula is C16H26ClNO2S. The average molecular weight is 332 g/mol. The van der Waals surface area contributed by atoms with Crippen molar-refractivity contribution in [3.63, 3.8) is 0 Å². The quantitative estimate of drug-likeness (QED) is 0.738. The summed E-state index contributed by atoms with van der Waals surface area (Å²) in [4.78, 5) is 0.327. The fourth-order valence-corrected chi connectivity index (χ4v) is 3.70. The van der Waals surface area contributed by atoms with Crippen molar-refractivity contribution in [3.05, 3.63) is 28.8 Å². The van der Waals surface area contributed by atoms with Crippen LogP contribution in [-0.2, 0) is 16.4 Å². The summed E-state index contributed by atoms with van der Waals surface area (Å²) >= 11 is 6.20. The van der Waals surface area contributed by atoms with Gasteiger partial charge in [0.05, 0.1) is 4.90 Å². The van der Waals surface area contributed by atoms with Gasteiger partial charge in [-0.2, -0.15) is 0 Å². The summed E-state index contributed by atoms with van der Waals surface area (Å²) in [5, 5.41) is 3.99. The minimum Gasteiger partial charge on any atom is -0.310 e. The highest BCUT2D eigenvalue weighted by molar-refractivity contribution is 7.90. The molecule has 0 amide bonds. The zero-order valence-electron chi connectivity index (χ0n) is 13.2. The Hall–Kier alpha value is -0.580. The van der Waals surface area contributed by atoms with E-state index in [0.717, 1.165) is 19.3 Å². The summed E-state index contributed by atoms with van der Waals surface area (Å²) in [6.07, 6.45) is 6.90. The number of hydrogen-bond donors (Lipinski definition) is 1. The molecule has 0 saturated carbocycles. The van der Waals surface area contributed by atoms with Gasteiger partial charge in [0.1, 0.15) is 0 Å². The van der Waals surface area contributed by atoms with Gasteiger partial charge in [-0.3, -0.25) is 0 Å². The van der Waals surface area contributed by atoms with Crippen LogP contribution in [0.5, 0.6) is 0 Å². The highest BCUT2D eigenvalue weighted by Crippen LogP contribution is 2.24. The van der Waals surface area contributed by atoms with Crippen molar-refractivity contribution in [3.8, 4) is 0 Å². The van der Waals surface area contributed by atoms with Crippen LogP contribution in [0.3, 0.4) is 0 Å². The van der Waals surface area contributed by atoms with Crippen LogP contribution in [-0.4, -0.2) is 20.7 Å². The van der Waals surface area contributed by atoms with Gasteiger partial charge in [0.25, 0.3) is 0 Å². The van der Waals surface area contributed by atoms with Gasteiger partial charge in [0.15, 0.2) is 9.84 Å². The molecule has 5 heteroatoms. The Morgan fingerprint density at radius 2 is 1.90 bits per heavy atom. The summed E-state index contributed by atoms with van der Waals surface area (Å²) in [7, 11) is -3.26. The van der Waals surface area contributed by atoms with Crippen LogP contribution < -0.4 is 5.32 Å². The zero-order valence-corrected chi connectivity index (χ0v) is 14.7. The predicted molar refractivity (Wildman–Crippen MR) is 89.6 cm³/mol. The van der Waals surface area contributed by atoms with Crippen LogP contribution in [0, 0.1) is 0 Å². The van der Waals surface area contributed by atoms with Crippen molar-refractivity contribution in [1.29, 1.82) is 0 Å². The molecule has 1 N–H and O–H groups in total. The highest BCUT2D eigenvalue weighted by atomic mass is 35.5. The molecule has 0 aliphatic carbocycles. The number of rotatable bonds is 9. The number of benzene rings is 1. The Morgan fingerprint density at radius 3 is 2.48 bits per heavy atom. The fraction of sp³-hybridized carbons (Fsp3) is 0.625. The van der Waals surface area contributed by atoms with E-state index in [1.807, 2.05) is 0 Å². The van der Waals surface area contributed by atoms with Gasteiger partial charge in [-0.25, -0.2) is 8.42 Å². The highest BCUT2D eigenvalue weighted by Gasteiger charge is 2.17. The van der Waals surface area contributed by atoms with Crippen molar-refractivity contribution in [2.75, 3.05) is 6.26 Å². The lowest BCUT2D eigenvalue weighted by atomic mass is 10.0. The predicted octanol–water partition coefficient (Wildman–Crippen LogP) is 4.19. The van der Waals surface area contributed by atoms with E-state index in [0.29, 0.717) is 28.1 Å². The molecule has 21 heavy (non-hydrogen) atoms. The van der Waals surface area contributed by atoms with E-state index in [9.17, 15) is 8.42 Å². The van der Waals surface area contributed by atoms with E-state index in [-0.39, 0.29) is 0 Å². The monoisotopic (exact) mass is 331 g/mol. The molecule has 0 spiro atoms. The van der Waals surface area contributed by atoms with Gasteiger partial charge in [-0.1, -0.05) is 50.8 Å². The molecule has 0 aromatic heterocycles. The Labute approximate surface area is 134 Å². The van der Waals surface area contributed by atoms with E-state index in [4.69, 9.17) is 11.6 Å². The topological polar surface area (TPSA) is 46.2 Å². The third-order valence-corrected chi connectivity index (χ3v) is 5.12. The minimum absolute atomic E-state index is 0.327. The summed E-state index contributed by atoms with van der Waals surface area (Å²) in [6, 6.07) is 5.47. The normalized spacial score (nSPS) is 13.3. The van der Waals surface area contributed by atoms with Gasteiger partial charge >= 0.3 is 0 Å². The minimum atomic E-state index is -3.26. The summed E-state index contributed by atoms with van der Waals surface area (Å²) in [5.74, 6) is 0. The first kappa shape index (κ1) is 18.5. The van der Waals surface area contributed by atoms with Crippen LogP contribution in [0.15, 0.2) is 23.1 Å². The van der Waals surface area contributed by atoms with Crippen molar-refractivity contribution in [1.82, 2.24) is 5.32 Å². The number of unbranched alkanes of at least 4 members (excludes halogenated alkanes) is 1. The first-order chi connectivity index (χ1) is 9.90. The Kier molecular flexibility index (Phi) is 7.71. The molecule has 1 rings (SSSR count). The Balaban J connectivity index is 2.86. The van der Waals surface area contributed by atoms with Gasteiger partial charge in [-0.05, 0) is 25.0 Å². The lowest BCUT2D eigenvalue weighted by Gasteiger charge is -2.19. The molecule has 1 atom stereocenters. The van der Waals surface area contributed by atoms with Crippen LogP contribution in [0.2, 0.25) is 5.02 Å². The third-order valence-electron chi connectivity index (χ3n) is 3.59. The number of sulfone groups is 1. The van der Waals surface area contributed by atoms with Gasteiger partial charge in [-0.15, -0.1) is 0 Å². The largest absolute Gasteiger partial charge is 0.310 e. The lowest BCUT2D eigenvalue weighted by molar-refractivity contribution is 0.432. The molecule has 0 aliphatic rings. The molecule has 0 heterocycles. The molecule has 0 aliphatic heterocycles. The maximum atomic E-state index is 11.9. The maximum absolute atomic E-state index is 11.9. The average Bonchev–Trinajstić information content (AvgIpc) is 2.41. The Bertz CT molecular complexity index is 543. The Morgan fingerprint density at radius 1 is 1.19 bits per heavy atom. The molecule has 0 fully saturated rings. The van der Waals surface area contributed by atoms with Gasteiger partial charge < -0.3 is 5.32 Å². The van der Waals surface area contributed by atoms with Crippen molar-refractivity contribution < 1.29 is 8.42 Å². The molecule has 0 saturated heterocycles. The van der Waals surface area contributed by atoms with E-state index in [1.54, 1.807) is 18.2 Å². The first-order valence-electron chi connectivity index (χ1n) is 7.61. The number of hydrogen-bond acceptors (Lipinski definition) is 3. The van der Waals surface area contributed by atoms with Crippen LogP contribution >= 0.6 is 11.6 Å². The standard InChI is InChI=1S/C16H26ClNO2S/c1-4-6-9-13(8-5-2)18-12-14-15(17)10-7-11-16(14)21(3,19)20/h7,10-11,13,18H,4-6,8-9,12H2,1-3H3. The smallest absolute Gasteiger partial charge is 0.175 e. The molecule has 1 aromatic carbocycles. The summed E-state index contributed by atoms with van der Waals surface area (Å²) in [5.41, 5.74) is 0.680. The molecule has 120 valence electrons. The fourth-order valence-electron chi connectivity index (χ4n) is 2.45.